The summed E-state index contributed by atoms with van der Waals surface area (Å²) in [6, 6.07) is 20.1. The smallest absolute Gasteiger partial charge is 0.269 e. The van der Waals surface area contributed by atoms with Gasteiger partial charge < -0.3 is 9.15 Å². The molecule has 0 fully saturated rings. The second-order valence-electron chi connectivity index (χ2n) is 6.16. The molecule has 0 amide bonds. The molecule has 1 aromatic heterocycles. The van der Waals surface area contributed by atoms with Gasteiger partial charge in [0.1, 0.15) is 17.1 Å². The number of non-ortho nitro benzene ring substituents is 1. The van der Waals surface area contributed by atoms with Crippen LogP contribution in [0.1, 0.15) is 15.9 Å². The Kier molecular flexibility index (Phi) is 4.37. The van der Waals surface area contributed by atoms with E-state index >= 15 is 0 Å². The Balaban J connectivity index is 1.86. The highest BCUT2D eigenvalue weighted by molar-refractivity contribution is 6.19. The summed E-state index contributed by atoms with van der Waals surface area (Å²) < 4.78 is 11.2. The van der Waals surface area contributed by atoms with Crippen molar-refractivity contribution in [3.05, 3.63) is 94.0 Å². The van der Waals surface area contributed by atoms with E-state index in [1.165, 1.54) is 24.3 Å². The highest BCUT2D eigenvalue weighted by Crippen LogP contribution is 2.36. The maximum Gasteiger partial charge on any atom is 0.269 e. The van der Waals surface area contributed by atoms with Gasteiger partial charge in [0.15, 0.2) is 5.78 Å². The highest BCUT2D eigenvalue weighted by Gasteiger charge is 2.23. The average Bonchev–Trinajstić information content (AvgIpc) is 3.13. The van der Waals surface area contributed by atoms with Gasteiger partial charge in [-0.1, -0.05) is 18.2 Å². The van der Waals surface area contributed by atoms with E-state index in [-0.39, 0.29) is 11.5 Å². The van der Waals surface area contributed by atoms with Crippen molar-refractivity contribution in [2.24, 2.45) is 0 Å². The van der Waals surface area contributed by atoms with Crippen molar-refractivity contribution in [3.8, 4) is 17.1 Å². The minimum Gasteiger partial charge on any atom is -0.497 e. The number of nitrogens with zero attached hydrogens (tertiary/aromatic N) is 1. The molecular formula is C22H15NO5. The van der Waals surface area contributed by atoms with Crippen molar-refractivity contribution < 1.29 is 18.9 Å². The number of nitro groups is 1. The number of furan rings is 1. The van der Waals surface area contributed by atoms with Crippen molar-refractivity contribution in [2.75, 3.05) is 7.11 Å². The molecule has 0 N–H and O–H groups in total. The molecule has 0 spiro atoms. The number of ether oxygens (including phenoxy) is 1. The van der Waals surface area contributed by atoms with Crippen LogP contribution in [-0.4, -0.2) is 17.8 Å². The molecule has 0 unspecified atom stereocenters. The number of rotatable bonds is 5. The number of fused-ring (bicyclic) bond motifs is 1. The molecule has 0 atom stereocenters. The van der Waals surface area contributed by atoms with Gasteiger partial charge in [-0.3, -0.25) is 14.9 Å². The van der Waals surface area contributed by atoms with Crippen LogP contribution in [0.3, 0.4) is 0 Å². The first-order chi connectivity index (χ1) is 13.6. The van der Waals surface area contributed by atoms with Crippen LogP contribution in [0.2, 0.25) is 0 Å². The van der Waals surface area contributed by atoms with E-state index in [2.05, 4.69) is 0 Å². The maximum atomic E-state index is 13.3. The van der Waals surface area contributed by atoms with Crippen LogP contribution in [0, 0.1) is 10.1 Å². The first-order valence-corrected chi connectivity index (χ1v) is 8.53. The minimum atomic E-state index is -0.496. The molecule has 6 nitrogen and oxygen atoms in total. The van der Waals surface area contributed by atoms with Gasteiger partial charge in [0.05, 0.1) is 17.6 Å². The minimum absolute atomic E-state index is 0.0658. The van der Waals surface area contributed by atoms with Crippen molar-refractivity contribution in [2.45, 2.75) is 0 Å². The summed E-state index contributed by atoms with van der Waals surface area (Å²) >= 11 is 0. The van der Waals surface area contributed by atoms with Gasteiger partial charge in [0.25, 0.3) is 5.69 Å². The van der Waals surface area contributed by atoms with Crippen molar-refractivity contribution >= 4 is 22.4 Å². The van der Waals surface area contributed by atoms with Crippen LogP contribution < -0.4 is 4.74 Å². The van der Waals surface area contributed by atoms with Crippen LogP contribution in [0.25, 0.3) is 22.3 Å². The van der Waals surface area contributed by atoms with Crippen molar-refractivity contribution in [1.82, 2.24) is 0 Å². The lowest BCUT2D eigenvalue weighted by atomic mass is 9.97. The monoisotopic (exact) mass is 373 g/mol. The van der Waals surface area contributed by atoms with Crippen LogP contribution in [0.5, 0.6) is 5.75 Å². The molecular weight excluding hydrogens is 358 g/mol. The lowest BCUT2D eigenvalue weighted by Crippen LogP contribution is -2.02. The number of carbonyl (C=O) groups excluding carboxylic acids is 1. The molecule has 28 heavy (non-hydrogen) atoms. The van der Waals surface area contributed by atoms with E-state index < -0.39 is 4.92 Å². The fourth-order valence-electron chi connectivity index (χ4n) is 3.10. The standard InChI is InChI=1S/C22H15NO5/c1-27-17-12-8-15(9-13-17)22-20(18-4-2-3-5-19(18)28-22)21(24)14-6-10-16(11-7-14)23(25)26/h2-13H,1H3. The van der Waals surface area contributed by atoms with E-state index in [9.17, 15) is 14.9 Å². The Hall–Kier alpha value is -3.93. The summed E-state index contributed by atoms with van der Waals surface area (Å²) in [4.78, 5) is 23.6. The molecule has 0 saturated carbocycles. The van der Waals surface area contributed by atoms with Gasteiger partial charge in [0, 0.05) is 28.6 Å². The number of carbonyl (C=O) groups is 1. The fourth-order valence-corrected chi connectivity index (χ4v) is 3.10. The maximum absolute atomic E-state index is 13.3. The number of benzene rings is 3. The predicted octanol–water partition coefficient (Wildman–Crippen LogP) is 5.25. The van der Waals surface area contributed by atoms with E-state index in [0.717, 1.165) is 5.56 Å². The van der Waals surface area contributed by atoms with E-state index in [4.69, 9.17) is 9.15 Å². The third kappa shape index (κ3) is 3.01. The Morgan fingerprint density at radius 2 is 1.64 bits per heavy atom. The zero-order chi connectivity index (χ0) is 19.7. The summed E-state index contributed by atoms with van der Waals surface area (Å²) in [6.45, 7) is 0. The van der Waals surface area contributed by atoms with Gasteiger partial charge in [0.2, 0.25) is 0 Å². The molecule has 6 heteroatoms. The highest BCUT2D eigenvalue weighted by atomic mass is 16.6. The third-order valence-corrected chi connectivity index (χ3v) is 4.52. The molecule has 138 valence electrons. The van der Waals surface area contributed by atoms with Crippen LogP contribution in [-0.2, 0) is 0 Å². The number of hydrogen-bond acceptors (Lipinski definition) is 5. The van der Waals surface area contributed by atoms with Crippen molar-refractivity contribution in [3.63, 3.8) is 0 Å². The van der Waals surface area contributed by atoms with E-state index in [1.54, 1.807) is 25.3 Å². The Morgan fingerprint density at radius 3 is 2.29 bits per heavy atom. The van der Waals surface area contributed by atoms with Crippen LogP contribution in [0.15, 0.2) is 77.2 Å². The molecule has 0 radical (unpaired) electrons. The quantitative estimate of drug-likeness (QED) is 0.271. The fraction of sp³-hybridized carbons (Fsp3) is 0.0455. The number of nitro benzene ring substituents is 1. The van der Waals surface area contributed by atoms with Crippen LogP contribution >= 0.6 is 0 Å². The van der Waals surface area contributed by atoms with Gasteiger partial charge in [-0.05, 0) is 42.5 Å². The number of methoxy groups -OCH3 is 1. The molecule has 3 aromatic carbocycles. The second-order valence-corrected chi connectivity index (χ2v) is 6.16. The first kappa shape index (κ1) is 17.5. The molecule has 4 aromatic rings. The van der Waals surface area contributed by atoms with Gasteiger partial charge in [-0.2, -0.15) is 0 Å². The van der Waals surface area contributed by atoms with Gasteiger partial charge >= 0.3 is 0 Å². The van der Waals surface area contributed by atoms with Gasteiger partial charge in [-0.25, -0.2) is 0 Å². The molecule has 1 heterocycles. The Morgan fingerprint density at radius 1 is 0.964 bits per heavy atom. The largest absolute Gasteiger partial charge is 0.497 e. The topological polar surface area (TPSA) is 82.6 Å². The summed E-state index contributed by atoms with van der Waals surface area (Å²) in [5.74, 6) is 0.890. The zero-order valence-electron chi connectivity index (χ0n) is 14.9. The average molecular weight is 373 g/mol. The normalized spacial score (nSPS) is 10.8. The molecule has 4 rings (SSSR count). The van der Waals surface area contributed by atoms with Crippen molar-refractivity contribution in [1.29, 1.82) is 0 Å². The lowest BCUT2D eigenvalue weighted by molar-refractivity contribution is -0.384. The molecule has 0 aliphatic carbocycles. The molecule has 0 bridgehead atoms. The van der Waals surface area contributed by atoms with E-state index in [1.807, 2.05) is 30.3 Å². The second kappa shape index (κ2) is 7.00. The summed E-state index contributed by atoms with van der Waals surface area (Å²) in [6.07, 6.45) is 0. The third-order valence-electron chi connectivity index (χ3n) is 4.52. The molecule has 0 saturated heterocycles. The Bertz CT molecular complexity index is 1170. The number of hydrogen-bond donors (Lipinski definition) is 0. The molecule has 0 aliphatic rings. The summed E-state index contributed by atoms with van der Waals surface area (Å²) in [7, 11) is 1.58. The molecule has 0 aliphatic heterocycles. The summed E-state index contributed by atoms with van der Waals surface area (Å²) in [5, 5.41) is 11.6. The zero-order valence-corrected chi connectivity index (χ0v) is 14.9. The number of ketones is 1. The van der Waals surface area contributed by atoms with Gasteiger partial charge in [-0.15, -0.1) is 0 Å². The lowest BCUT2D eigenvalue weighted by Gasteiger charge is -2.05. The first-order valence-electron chi connectivity index (χ1n) is 8.53. The SMILES string of the molecule is COc1ccc(-c2oc3ccccc3c2C(=O)c2ccc([N+](=O)[O-])cc2)cc1. The van der Waals surface area contributed by atoms with Crippen LogP contribution in [0.4, 0.5) is 5.69 Å². The predicted molar refractivity (Wildman–Crippen MR) is 105 cm³/mol. The Labute approximate surface area is 160 Å². The number of para-hydroxylation sites is 1. The van der Waals surface area contributed by atoms with E-state index in [0.29, 0.717) is 33.6 Å². The summed E-state index contributed by atoms with van der Waals surface area (Å²) in [5.41, 5.74) is 2.05.